The van der Waals surface area contributed by atoms with Crippen LogP contribution in [0.5, 0.6) is 5.75 Å². The molecule has 0 amide bonds. The van der Waals surface area contributed by atoms with Gasteiger partial charge in [-0.2, -0.15) is 0 Å². The first kappa shape index (κ1) is 11.1. The number of rotatable bonds is 3. The first-order valence-electron chi connectivity index (χ1n) is 4.97. The number of nitrogen functional groups attached to an aromatic ring is 1. The van der Waals surface area contributed by atoms with Gasteiger partial charge in [0.25, 0.3) is 0 Å². The van der Waals surface area contributed by atoms with Gasteiger partial charge in [0.05, 0.1) is 24.6 Å². The number of aromatic nitrogens is 2. The van der Waals surface area contributed by atoms with Crippen LogP contribution in [0.3, 0.4) is 0 Å². The van der Waals surface area contributed by atoms with Gasteiger partial charge in [0.1, 0.15) is 11.4 Å². The van der Waals surface area contributed by atoms with Gasteiger partial charge in [-0.05, 0) is 12.1 Å². The van der Waals surface area contributed by atoms with Crippen molar-refractivity contribution < 1.29 is 9.53 Å². The van der Waals surface area contributed by atoms with Crippen LogP contribution in [0.1, 0.15) is 16.1 Å². The average Bonchev–Trinajstić information content (AvgIpc) is 2.39. The minimum atomic E-state index is -0.269. The van der Waals surface area contributed by atoms with Gasteiger partial charge in [-0.1, -0.05) is 6.07 Å². The van der Waals surface area contributed by atoms with Gasteiger partial charge in [0, 0.05) is 12.4 Å². The van der Waals surface area contributed by atoms with Gasteiger partial charge in [-0.25, -0.2) is 4.98 Å². The summed E-state index contributed by atoms with van der Waals surface area (Å²) in [6.45, 7) is 0. The molecule has 1 aromatic carbocycles. The zero-order valence-corrected chi connectivity index (χ0v) is 9.25. The molecule has 0 saturated heterocycles. The van der Waals surface area contributed by atoms with E-state index in [0.29, 0.717) is 17.0 Å². The summed E-state index contributed by atoms with van der Waals surface area (Å²) in [4.78, 5) is 19.9. The predicted molar refractivity (Wildman–Crippen MR) is 62.9 cm³/mol. The van der Waals surface area contributed by atoms with Gasteiger partial charge in [0.15, 0.2) is 0 Å². The Kier molecular flexibility index (Phi) is 3.00. The normalized spacial score (nSPS) is 9.94. The smallest absolute Gasteiger partial charge is 0.215 e. The maximum Gasteiger partial charge on any atom is 0.215 e. The summed E-state index contributed by atoms with van der Waals surface area (Å²) >= 11 is 0. The Labute approximate surface area is 98.3 Å². The zero-order chi connectivity index (χ0) is 12.3. The summed E-state index contributed by atoms with van der Waals surface area (Å²) in [6.07, 6.45) is 4.37. The van der Waals surface area contributed by atoms with E-state index in [2.05, 4.69) is 9.97 Å². The molecule has 0 atom stereocenters. The first-order valence-corrected chi connectivity index (χ1v) is 4.97. The molecule has 1 heterocycles. The number of benzene rings is 1. The lowest BCUT2D eigenvalue weighted by Gasteiger charge is -2.08. The van der Waals surface area contributed by atoms with Crippen LogP contribution < -0.4 is 10.5 Å². The number of anilines is 1. The minimum Gasteiger partial charge on any atom is -0.495 e. The standard InChI is InChI=1S/C12H11N3O2/c1-17-10-4-2-3-8(11(10)13)12(16)9-7-14-5-6-15-9/h2-7H,13H2,1H3. The van der Waals surface area contributed by atoms with E-state index < -0.39 is 0 Å². The van der Waals surface area contributed by atoms with Crippen molar-refractivity contribution in [2.45, 2.75) is 0 Å². The van der Waals surface area contributed by atoms with Crippen LogP contribution >= 0.6 is 0 Å². The molecule has 17 heavy (non-hydrogen) atoms. The number of ether oxygens (including phenoxy) is 1. The molecular weight excluding hydrogens is 218 g/mol. The Bertz CT molecular complexity index is 541. The highest BCUT2D eigenvalue weighted by atomic mass is 16.5. The topological polar surface area (TPSA) is 78.1 Å². The van der Waals surface area contributed by atoms with Crippen molar-refractivity contribution in [3.63, 3.8) is 0 Å². The van der Waals surface area contributed by atoms with Crippen molar-refractivity contribution in [3.8, 4) is 5.75 Å². The van der Waals surface area contributed by atoms with Crippen molar-refractivity contribution in [3.05, 3.63) is 48.0 Å². The average molecular weight is 229 g/mol. The fourth-order valence-corrected chi connectivity index (χ4v) is 1.47. The summed E-state index contributed by atoms with van der Waals surface area (Å²) in [5.41, 5.74) is 6.77. The van der Waals surface area contributed by atoms with Crippen LogP contribution in [0, 0.1) is 0 Å². The van der Waals surface area contributed by atoms with Crippen molar-refractivity contribution in [2.24, 2.45) is 0 Å². The highest BCUT2D eigenvalue weighted by Crippen LogP contribution is 2.26. The molecule has 0 saturated carbocycles. The third-order valence-corrected chi connectivity index (χ3v) is 2.33. The Morgan fingerprint density at radius 2 is 2.18 bits per heavy atom. The molecule has 5 heteroatoms. The van der Waals surface area contributed by atoms with E-state index >= 15 is 0 Å². The molecule has 2 rings (SSSR count). The van der Waals surface area contributed by atoms with E-state index in [4.69, 9.17) is 10.5 Å². The predicted octanol–water partition coefficient (Wildman–Crippen LogP) is 1.30. The summed E-state index contributed by atoms with van der Waals surface area (Å²) in [7, 11) is 1.50. The highest BCUT2D eigenvalue weighted by molar-refractivity contribution is 6.11. The number of hydrogen-bond acceptors (Lipinski definition) is 5. The van der Waals surface area contributed by atoms with Gasteiger partial charge in [-0.3, -0.25) is 9.78 Å². The lowest BCUT2D eigenvalue weighted by atomic mass is 10.1. The third kappa shape index (κ3) is 2.08. The number of hydrogen-bond donors (Lipinski definition) is 1. The number of carbonyl (C=O) groups is 1. The summed E-state index contributed by atoms with van der Waals surface area (Å²) in [6, 6.07) is 5.04. The molecule has 0 aliphatic heterocycles. The summed E-state index contributed by atoms with van der Waals surface area (Å²) in [5.74, 6) is 0.203. The molecule has 86 valence electrons. The van der Waals surface area contributed by atoms with Crippen molar-refractivity contribution >= 4 is 11.5 Å². The van der Waals surface area contributed by atoms with E-state index in [0.717, 1.165) is 0 Å². The summed E-state index contributed by atoms with van der Waals surface area (Å²) in [5, 5.41) is 0. The number of carbonyl (C=O) groups excluding carboxylic acids is 1. The largest absolute Gasteiger partial charge is 0.495 e. The third-order valence-electron chi connectivity index (χ3n) is 2.33. The van der Waals surface area contributed by atoms with E-state index in [1.54, 1.807) is 18.2 Å². The lowest BCUT2D eigenvalue weighted by Crippen LogP contribution is -2.08. The second kappa shape index (κ2) is 4.61. The van der Waals surface area contributed by atoms with E-state index in [1.807, 2.05) is 0 Å². The first-order chi connectivity index (χ1) is 8.24. The fourth-order valence-electron chi connectivity index (χ4n) is 1.47. The molecule has 1 aromatic heterocycles. The monoisotopic (exact) mass is 229 g/mol. The van der Waals surface area contributed by atoms with Gasteiger partial charge in [-0.15, -0.1) is 0 Å². The van der Waals surface area contributed by atoms with Crippen LogP contribution in [-0.4, -0.2) is 22.9 Å². The number of ketones is 1. The van der Waals surface area contributed by atoms with E-state index in [9.17, 15) is 4.79 Å². The Balaban J connectivity index is 2.45. The fraction of sp³-hybridized carbons (Fsp3) is 0.0833. The number of methoxy groups -OCH3 is 1. The van der Waals surface area contributed by atoms with Gasteiger partial charge in [0.2, 0.25) is 5.78 Å². The molecule has 0 unspecified atom stereocenters. The lowest BCUT2D eigenvalue weighted by molar-refractivity contribution is 0.103. The second-order valence-corrected chi connectivity index (χ2v) is 3.34. The Hall–Kier alpha value is -2.43. The molecule has 0 aliphatic carbocycles. The maximum atomic E-state index is 12.1. The highest BCUT2D eigenvalue weighted by Gasteiger charge is 2.15. The van der Waals surface area contributed by atoms with Crippen LogP contribution in [0.2, 0.25) is 0 Å². The Morgan fingerprint density at radius 3 is 2.82 bits per heavy atom. The second-order valence-electron chi connectivity index (χ2n) is 3.34. The van der Waals surface area contributed by atoms with Crippen LogP contribution in [0.15, 0.2) is 36.8 Å². The number of nitrogens with two attached hydrogens (primary N) is 1. The number of para-hydroxylation sites is 1. The zero-order valence-electron chi connectivity index (χ0n) is 9.25. The molecule has 2 aromatic rings. The molecule has 0 spiro atoms. The van der Waals surface area contributed by atoms with Crippen molar-refractivity contribution in [1.82, 2.24) is 9.97 Å². The molecular formula is C12H11N3O2. The maximum absolute atomic E-state index is 12.1. The van der Waals surface area contributed by atoms with E-state index in [-0.39, 0.29) is 11.5 Å². The van der Waals surface area contributed by atoms with Crippen LogP contribution in [0.4, 0.5) is 5.69 Å². The molecule has 2 N–H and O–H groups in total. The summed E-state index contributed by atoms with van der Waals surface area (Å²) < 4.78 is 5.06. The Morgan fingerprint density at radius 1 is 1.35 bits per heavy atom. The van der Waals surface area contributed by atoms with Gasteiger partial charge >= 0.3 is 0 Å². The molecule has 5 nitrogen and oxygen atoms in total. The molecule has 0 bridgehead atoms. The number of nitrogens with zero attached hydrogens (tertiary/aromatic N) is 2. The van der Waals surface area contributed by atoms with Gasteiger partial charge < -0.3 is 10.5 Å². The van der Waals surface area contributed by atoms with Crippen LogP contribution in [0.25, 0.3) is 0 Å². The van der Waals surface area contributed by atoms with Crippen molar-refractivity contribution in [1.29, 1.82) is 0 Å². The van der Waals surface area contributed by atoms with Crippen molar-refractivity contribution in [2.75, 3.05) is 12.8 Å². The van der Waals surface area contributed by atoms with E-state index in [1.165, 1.54) is 25.7 Å². The SMILES string of the molecule is COc1cccc(C(=O)c2cnccn2)c1N. The molecule has 0 aliphatic rings. The van der Waals surface area contributed by atoms with Crippen LogP contribution in [-0.2, 0) is 0 Å². The molecule has 0 fully saturated rings. The quantitative estimate of drug-likeness (QED) is 0.634. The molecule has 0 radical (unpaired) electrons. The minimum absolute atomic E-state index is 0.257.